The topological polar surface area (TPSA) is 69.4 Å². The van der Waals surface area contributed by atoms with E-state index in [-0.39, 0.29) is 10.8 Å². The van der Waals surface area contributed by atoms with E-state index in [1.54, 1.807) is 6.07 Å². The fraction of sp³-hybridized carbons (Fsp3) is 0.600. The lowest BCUT2D eigenvalue weighted by molar-refractivity contribution is 0.300. The summed E-state index contributed by atoms with van der Waals surface area (Å²) in [6.45, 7) is 6.45. The number of rotatable bonds is 6. The molecule has 0 heterocycles. The lowest BCUT2D eigenvalue weighted by Gasteiger charge is -2.16. The first-order chi connectivity index (χ1) is 9.29. The first-order valence-corrected chi connectivity index (χ1v) is 8.64. The van der Waals surface area contributed by atoms with Crippen LogP contribution in [0.25, 0.3) is 0 Å². The molecule has 0 unspecified atom stereocenters. The Kier molecular flexibility index (Phi) is 4.39. The minimum absolute atomic E-state index is 0.0784. The van der Waals surface area contributed by atoms with Crippen LogP contribution >= 0.6 is 0 Å². The summed E-state index contributed by atoms with van der Waals surface area (Å²) in [5.41, 5.74) is 1.54. The molecule has 0 saturated heterocycles. The summed E-state index contributed by atoms with van der Waals surface area (Å²) in [5.74, 6) is 1.67. The normalized spacial score (nSPS) is 15.7. The quantitative estimate of drug-likeness (QED) is 0.877. The highest BCUT2D eigenvalue weighted by Gasteiger charge is 2.22. The second-order valence-electron chi connectivity index (χ2n) is 5.94. The second kappa shape index (κ2) is 5.74. The predicted octanol–water partition coefficient (Wildman–Crippen LogP) is 2.94. The van der Waals surface area contributed by atoms with Gasteiger partial charge in [0.25, 0.3) is 0 Å². The van der Waals surface area contributed by atoms with Gasteiger partial charge in [-0.25, -0.2) is 13.6 Å². The lowest BCUT2D eigenvalue weighted by atomic mass is 10.0. The molecule has 1 saturated carbocycles. The molecular formula is C15H23NO3S. The molecule has 1 aromatic carbocycles. The number of benzene rings is 1. The van der Waals surface area contributed by atoms with Gasteiger partial charge in [-0.05, 0) is 48.4 Å². The molecule has 0 atom stereocenters. The molecule has 2 rings (SSSR count). The highest BCUT2D eigenvalue weighted by Crippen LogP contribution is 2.34. The minimum atomic E-state index is -3.70. The maximum atomic E-state index is 11.7. The van der Waals surface area contributed by atoms with Crippen molar-refractivity contribution in [2.45, 2.75) is 50.8 Å². The van der Waals surface area contributed by atoms with Crippen molar-refractivity contribution in [2.24, 2.45) is 11.1 Å². The molecule has 5 heteroatoms. The number of primary sulfonamides is 1. The van der Waals surface area contributed by atoms with E-state index in [9.17, 15) is 8.42 Å². The van der Waals surface area contributed by atoms with E-state index in [1.807, 2.05) is 26.8 Å². The van der Waals surface area contributed by atoms with Crippen LogP contribution in [-0.4, -0.2) is 15.0 Å². The van der Waals surface area contributed by atoms with Gasteiger partial charge < -0.3 is 4.74 Å². The monoisotopic (exact) mass is 297 g/mol. The molecule has 20 heavy (non-hydrogen) atoms. The standard InChI is InChI=1S/C15H23NO3S/c1-10(2)13-9-14(19-7-6-12-4-5-12)11(3)8-15(13)20(16,17)18/h8-10,12H,4-7H2,1-3H3,(H2,16,17,18). The number of ether oxygens (including phenoxy) is 1. The Bertz CT molecular complexity index is 589. The Morgan fingerprint density at radius 1 is 1.35 bits per heavy atom. The van der Waals surface area contributed by atoms with Crippen LogP contribution in [0, 0.1) is 12.8 Å². The van der Waals surface area contributed by atoms with Gasteiger partial charge in [0.1, 0.15) is 5.75 Å². The number of hydrogen-bond donors (Lipinski definition) is 1. The third-order valence-corrected chi connectivity index (χ3v) is 4.68. The van der Waals surface area contributed by atoms with E-state index in [1.165, 1.54) is 12.8 Å². The van der Waals surface area contributed by atoms with Crippen LogP contribution in [0.4, 0.5) is 0 Å². The van der Waals surface area contributed by atoms with Crippen molar-refractivity contribution in [2.75, 3.05) is 6.61 Å². The van der Waals surface area contributed by atoms with Gasteiger partial charge in [0.2, 0.25) is 10.0 Å². The van der Waals surface area contributed by atoms with Gasteiger partial charge in [-0.15, -0.1) is 0 Å². The summed E-state index contributed by atoms with van der Waals surface area (Å²) in [5, 5.41) is 5.29. The molecule has 2 N–H and O–H groups in total. The summed E-state index contributed by atoms with van der Waals surface area (Å²) in [6.07, 6.45) is 3.70. The molecule has 0 aliphatic heterocycles. The van der Waals surface area contributed by atoms with E-state index in [0.717, 1.165) is 29.2 Å². The van der Waals surface area contributed by atoms with Crippen molar-refractivity contribution in [3.8, 4) is 5.75 Å². The second-order valence-corrected chi connectivity index (χ2v) is 7.47. The third kappa shape index (κ3) is 3.73. The molecule has 4 nitrogen and oxygen atoms in total. The zero-order chi connectivity index (χ0) is 14.9. The molecule has 112 valence electrons. The average Bonchev–Trinajstić information content (AvgIpc) is 3.13. The van der Waals surface area contributed by atoms with E-state index >= 15 is 0 Å². The molecule has 1 aliphatic carbocycles. The maximum absolute atomic E-state index is 11.7. The van der Waals surface area contributed by atoms with Crippen LogP contribution in [0.15, 0.2) is 17.0 Å². The van der Waals surface area contributed by atoms with Gasteiger partial charge >= 0.3 is 0 Å². The van der Waals surface area contributed by atoms with Crippen LogP contribution < -0.4 is 9.88 Å². The zero-order valence-corrected chi connectivity index (χ0v) is 13.2. The van der Waals surface area contributed by atoms with Crippen LogP contribution in [0.1, 0.15) is 50.2 Å². The van der Waals surface area contributed by atoms with Crippen molar-refractivity contribution >= 4 is 10.0 Å². The summed E-state index contributed by atoms with van der Waals surface area (Å²) < 4.78 is 29.2. The van der Waals surface area contributed by atoms with E-state index in [0.29, 0.717) is 6.61 Å². The molecule has 0 spiro atoms. The van der Waals surface area contributed by atoms with Gasteiger partial charge in [-0.2, -0.15) is 0 Å². The smallest absolute Gasteiger partial charge is 0.238 e. The fourth-order valence-corrected chi connectivity index (χ4v) is 3.24. The third-order valence-electron chi connectivity index (χ3n) is 3.72. The maximum Gasteiger partial charge on any atom is 0.238 e. The Morgan fingerprint density at radius 3 is 2.50 bits per heavy atom. The Labute approximate surface area is 121 Å². The van der Waals surface area contributed by atoms with Gasteiger partial charge in [0.15, 0.2) is 0 Å². The molecule has 1 aliphatic rings. The molecule has 0 radical (unpaired) electrons. The van der Waals surface area contributed by atoms with E-state index < -0.39 is 10.0 Å². The van der Waals surface area contributed by atoms with Gasteiger partial charge in [0.05, 0.1) is 11.5 Å². The van der Waals surface area contributed by atoms with Crippen molar-refractivity contribution in [3.05, 3.63) is 23.3 Å². The van der Waals surface area contributed by atoms with Crippen molar-refractivity contribution in [3.63, 3.8) is 0 Å². The average molecular weight is 297 g/mol. The molecule has 1 fully saturated rings. The number of aryl methyl sites for hydroxylation is 1. The molecule has 1 aromatic rings. The molecule has 0 aromatic heterocycles. The number of sulfonamides is 1. The molecule has 0 bridgehead atoms. The predicted molar refractivity (Wildman–Crippen MR) is 79.5 cm³/mol. The summed E-state index contributed by atoms with van der Waals surface area (Å²) >= 11 is 0. The Balaban J connectivity index is 2.26. The van der Waals surface area contributed by atoms with Crippen LogP contribution in [0.2, 0.25) is 0 Å². The SMILES string of the molecule is Cc1cc(S(N)(=O)=O)c(C(C)C)cc1OCCC1CC1. The van der Waals surface area contributed by atoms with Gasteiger partial charge in [-0.3, -0.25) is 0 Å². The highest BCUT2D eigenvalue weighted by molar-refractivity contribution is 7.89. The minimum Gasteiger partial charge on any atom is -0.493 e. The van der Waals surface area contributed by atoms with E-state index in [2.05, 4.69) is 0 Å². The number of nitrogens with two attached hydrogens (primary N) is 1. The van der Waals surface area contributed by atoms with Crippen molar-refractivity contribution < 1.29 is 13.2 Å². The lowest BCUT2D eigenvalue weighted by Crippen LogP contribution is -2.16. The van der Waals surface area contributed by atoms with Crippen molar-refractivity contribution in [1.29, 1.82) is 0 Å². The van der Waals surface area contributed by atoms with Crippen LogP contribution in [0.3, 0.4) is 0 Å². The van der Waals surface area contributed by atoms with E-state index in [4.69, 9.17) is 9.88 Å². The highest BCUT2D eigenvalue weighted by atomic mass is 32.2. The van der Waals surface area contributed by atoms with Crippen LogP contribution in [0.5, 0.6) is 5.75 Å². The van der Waals surface area contributed by atoms with Crippen LogP contribution in [-0.2, 0) is 10.0 Å². The summed E-state index contributed by atoms with van der Waals surface area (Å²) in [7, 11) is -3.70. The first-order valence-electron chi connectivity index (χ1n) is 7.09. The fourth-order valence-electron chi connectivity index (χ4n) is 2.27. The molecule has 0 amide bonds. The van der Waals surface area contributed by atoms with Crippen molar-refractivity contribution in [1.82, 2.24) is 0 Å². The Morgan fingerprint density at radius 2 is 2.00 bits per heavy atom. The van der Waals surface area contributed by atoms with Gasteiger partial charge in [0, 0.05) is 0 Å². The number of hydrogen-bond acceptors (Lipinski definition) is 3. The summed E-state index contributed by atoms with van der Waals surface area (Å²) in [6, 6.07) is 3.45. The summed E-state index contributed by atoms with van der Waals surface area (Å²) in [4.78, 5) is 0.208. The van der Waals surface area contributed by atoms with Gasteiger partial charge in [-0.1, -0.05) is 26.7 Å². The zero-order valence-electron chi connectivity index (χ0n) is 12.3. The Hall–Kier alpha value is -1.07. The first kappa shape index (κ1) is 15.3. The molecular weight excluding hydrogens is 274 g/mol. The largest absolute Gasteiger partial charge is 0.493 e.